The first-order chi connectivity index (χ1) is 9.22. The molecule has 0 saturated heterocycles. The van der Waals surface area contributed by atoms with Crippen molar-refractivity contribution in [3.63, 3.8) is 0 Å². The van der Waals surface area contributed by atoms with Crippen molar-refractivity contribution >= 4 is 11.6 Å². The molecule has 0 amide bonds. The predicted octanol–water partition coefficient (Wildman–Crippen LogP) is 3.22. The molecule has 3 nitrogen and oxygen atoms in total. The molecule has 1 saturated carbocycles. The summed E-state index contributed by atoms with van der Waals surface area (Å²) < 4.78 is 5.15. The number of nitrogens with two attached hydrogens (primary N) is 1. The summed E-state index contributed by atoms with van der Waals surface area (Å²) in [6.07, 6.45) is 3.60. The topological polar surface area (TPSA) is 55.5 Å². The molecule has 0 heterocycles. The van der Waals surface area contributed by atoms with E-state index in [1.165, 1.54) is 12.7 Å². The normalized spacial score (nSPS) is 23.5. The van der Waals surface area contributed by atoms with Gasteiger partial charge < -0.3 is 15.6 Å². The lowest BCUT2D eigenvalue weighted by atomic mass is 9.53. The van der Waals surface area contributed by atoms with E-state index in [2.05, 4.69) is 0 Å². The van der Waals surface area contributed by atoms with Crippen LogP contribution in [0, 0.1) is 0 Å². The van der Waals surface area contributed by atoms with Crippen LogP contribution in [-0.2, 0) is 10.2 Å². The number of ether oxygens (including phenoxy) is 1. The van der Waals surface area contributed by atoms with Crippen LogP contribution in [0.1, 0.15) is 45.1 Å². The predicted molar refractivity (Wildman–Crippen MR) is 81.8 cm³/mol. The summed E-state index contributed by atoms with van der Waals surface area (Å²) in [5, 5.41) is 10.9. The van der Waals surface area contributed by atoms with Gasteiger partial charge in [0.25, 0.3) is 0 Å². The molecule has 0 bridgehead atoms. The largest absolute Gasteiger partial charge is 0.366 e. The molecule has 1 aliphatic carbocycles. The molecule has 20 heavy (non-hydrogen) atoms. The number of aliphatic hydroxyl groups is 1. The van der Waals surface area contributed by atoms with E-state index in [-0.39, 0.29) is 5.41 Å². The Kier molecular flexibility index (Phi) is 4.18. The third kappa shape index (κ3) is 2.73. The van der Waals surface area contributed by atoms with Crippen LogP contribution in [-0.4, -0.2) is 23.5 Å². The van der Waals surface area contributed by atoms with Gasteiger partial charge in [0, 0.05) is 29.5 Å². The van der Waals surface area contributed by atoms with Gasteiger partial charge in [0.2, 0.25) is 0 Å². The Labute approximate surface area is 126 Å². The molecule has 2 unspecified atom stereocenters. The Morgan fingerprint density at radius 1 is 1.30 bits per heavy atom. The molecule has 4 heteroatoms. The quantitative estimate of drug-likeness (QED) is 0.821. The maximum absolute atomic E-state index is 10.2. The summed E-state index contributed by atoms with van der Waals surface area (Å²) in [6, 6.07) is 7.91. The molecule has 1 aliphatic rings. The van der Waals surface area contributed by atoms with Gasteiger partial charge in [-0.1, -0.05) is 30.2 Å². The summed E-state index contributed by atoms with van der Waals surface area (Å²) in [4.78, 5) is 0. The van der Waals surface area contributed by atoms with Crippen LogP contribution in [0.4, 0.5) is 0 Å². The standard InChI is InChI=1S/C16H24ClNO2/c1-14(18,11-15(2,19)20-3)16(9-4-10-16)12-5-7-13(17)8-6-12/h5-8,19H,4,9-11,18H2,1-3H3. The smallest absolute Gasteiger partial charge is 0.163 e. The fourth-order valence-electron chi connectivity index (χ4n) is 3.41. The summed E-state index contributed by atoms with van der Waals surface area (Å²) in [5.41, 5.74) is 7.16. The minimum absolute atomic E-state index is 0.111. The Hall–Kier alpha value is -0.610. The van der Waals surface area contributed by atoms with Crippen molar-refractivity contribution in [2.24, 2.45) is 5.73 Å². The molecule has 1 fully saturated rings. The van der Waals surface area contributed by atoms with Crippen LogP contribution < -0.4 is 5.73 Å². The molecular weight excluding hydrogens is 274 g/mol. The highest BCUT2D eigenvalue weighted by Gasteiger charge is 2.53. The van der Waals surface area contributed by atoms with Gasteiger partial charge >= 0.3 is 0 Å². The fraction of sp³-hybridized carbons (Fsp3) is 0.625. The number of methoxy groups -OCH3 is 1. The Morgan fingerprint density at radius 2 is 1.85 bits per heavy atom. The van der Waals surface area contributed by atoms with E-state index in [4.69, 9.17) is 22.1 Å². The lowest BCUT2D eigenvalue weighted by Gasteiger charge is -2.55. The van der Waals surface area contributed by atoms with E-state index in [1.54, 1.807) is 6.92 Å². The second-order valence-electron chi connectivity index (χ2n) is 6.42. The van der Waals surface area contributed by atoms with E-state index in [1.807, 2.05) is 31.2 Å². The molecule has 0 radical (unpaired) electrons. The molecular formula is C16H24ClNO2. The molecule has 1 aromatic rings. The van der Waals surface area contributed by atoms with Gasteiger partial charge in [-0.25, -0.2) is 0 Å². The average Bonchev–Trinajstić information content (AvgIpc) is 2.28. The van der Waals surface area contributed by atoms with Crippen LogP contribution in [0.25, 0.3) is 0 Å². The Morgan fingerprint density at radius 3 is 2.25 bits per heavy atom. The zero-order chi connectivity index (χ0) is 15.0. The first kappa shape index (κ1) is 15.8. The summed E-state index contributed by atoms with van der Waals surface area (Å²) in [7, 11) is 1.51. The fourth-order valence-corrected chi connectivity index (χ4v) is 3.54. The summed E-state index contributed by atoms with van der Waals surface area (Å²) >= 11 is 5.97. The van der Waals surface area contributed by atoms with E-state index in [0.717, 1.165) is 24.3 Å². The molecule has 1 aromatic carbocycles. The van der Waals surface area contributed by atoms with Gasteiger partial charge in [-0.3, -0.25) is 0 Å². The molecule has 2 atom stereocenters. The van der Waals surface area contributed by atoms with Crippen molar-refractivity contribution < 1.29 is 9.84 Å². The number of hydrogen-bond donors (Lipinski definition) is 2. The summed E-state index contributed by atoms with van der Waals surface area (Å²) in [5.74, 6) is -1.21. The molecule has 0 aromatic heterocycles. The van der Waals surface area contributed by atoms with Crippen molar-refractivity contribution in [1.29, 1.82) is 0 Å². The minimum Gasteiger partial charge on any atom is -0.366 e. The lowest BCUT2D eigenvalue weighted by Crippen LogP contribution is -2.62. The van der Waals surface area contributed by atoms with Crippen LogP contribution in [0.3, 0.4) is 0 Å². The molecule has 112 valence electrons. The maximum Gasteiger partial charge on any atom is 0.163 e. The number of halogens is 1. The SMILES string of the molecule is COC(C)(O)CC(C)(N)C1(c2ccc(Cl)cc2)CCC1. The van der Waals surface area contributed by atoms with Crippen molar-refractivity contribution in [1.82, 2.24) is 0 Å². The number of rotatable bonds is 5. The van der Waals surface area contributed by atoms with Gasteiger partial charge in [-0.15, -0.1) is 0 Å². The van der Waals surface area contributed by atoms with E-state index >= 15 is 0 Å². The maximum atomic E-state index is 10.2. The van der Waals surface area contributed by atoms with Gasteiger partial charge in [-0.2, -0.15) is 0 Å². The van der Waals surface area contributed by atoms with Crippen LogP contribution in [0.2, 0.25) is 5.02 Å². The first-order valence-electron chi connectivity index (χ1n) is 7.05. The Balaban J connectivity index is 2.32. The highest BCUT2D eigenvalue weighted by atomic mass is 35.5. The van der Waals surface area contributed by atoms with Crippen molar-refractivity contribution in [3.8, 4) is 0 Å². The van der Waals surface area contributed by atoms with Gasteiger partial charge in [0.15, 0.2) is 5.79 Å². The molecule has 0 aliphatic heterocycles. The highest BCUT2D eigenvalue weighted by Crippen LogP contribution is 2.52. The molecule has 2 rings (SSSR count). The van der Waals surface area contributed by atoms with Gasteiger partial charge in [0.05, 0.1) is 0 Å². The zero-order valence-electron chi connectivity index (χ0n) is 12.4. The zero-order valence-corrected chi connectivity index (χ0v) is 13.2. The van der Waals surface area contributed by atoms with Crippen LogP contribution in [0.5, 0.6) is 0 Å². The minimum atomic E-state index is -1.21. The number of hydrogen-bond acceptors (Lipinski definition) is 3. The van der Waals surface area contributed by atoms with Gasteiger partial charge in [0.1, 0.15) is 0 Å². The van der Waals surface area contributed by atoms with Crippen LogP contribution in [0.15, 0.2) is 24.3 Å². The highest BCUT2D eigenvalue weighted by molar-refractivity contribution is 6.30. The first-order valence-corrected chi connectivity index (χ1v) is 7.43. The van der Waals surface area contributed by atoms with E-state index in [9.17, 15) is 5.11 Å². The lowest BCUT2D eigenvalue weighted by molar-refractivity contribution is -0.190. The van der Waals surface area contributed by atoms with Crippen molar-refractivity contribution in [2.75, 3.05) is 7.11 Å². The monoisotopic (exact) mass is 297 g/mol. The van der Waals surface area contributed by atoms with Crippen molar-refractivity contribution in [2.45, 2.75) is 56.3 Å². The average molecular weight is 298 g/mol. The number of benzene rings is 1. The van der Waals surface area contributed by atoms with Gasteiger partial charge in [-0.05, 0) is 44.4 Å². The second-order valence-corrected chi connectivity index (χ2v) is 6.85. The van der Waals surface area contributed by atoms with Crippen LogP contribution >= 0.6 is 11.6 Å². The summed E-state index contributed by atoms with van der Waals surface area (Å²) in [6.45, 7) is 3.67. The Bertz CT molecular complexity index is 464. The van der Waals surface area contributed by atoms with E-state index < -0.39 is 11.3 Å². The molecule has 0 spiro atoms. The van der Waals surface area contributed by atoms with Crippen molar-refractivity contribution in [3.05, 3.63) is 34.9 Å². The third-order valence-corrected chi connectivity index (χ3v) is 5.08. The second kappa shape index (κ2) is 5.30. The molecule has 3 N–H and O–H groups in total. The third-order valence-electron chi connectivity index (χ3n) is 4.83. The van der Waals surface area contributed by atoms with E-state index in [0.29, 0.717) is 6.42 Å².